The number of allylic oxidation sites excluding steroid dienone is 2. The van der Waals surface area contributed by atoms with Gasteiger partial charge in [-0.05, 0) is 56.4 Å². The lowest BCUT2D eigenvalue weighted by molar-refractivity contribution is -0.127. The molecule has 1 aromatic heterocycles. The van der Waals surface area contributed by atoms with Crippen molar-refractivity contribution in [3.8, 4) is 0 Å². The summed E-state index contributed by atoms with van der Waals surface area (Å²) in [6.45, 7) is 2.85. The lowest BCUT2D eigenvalue weighted by atomic mass is 9.88. The number of aliphatic hydroxyl groups excluding tert-OH is 1. The van der Waals surface area contributed by atoms with Gasteiger partial charge in [0, 0.05) is 54.9 Å². The quantitative estimate of drug-likeness (QED) is 0.687. The summed E-state index contributed by atoms with van der Waals surface area (Å²) in [7, 11) is 0. The lowest BCUT2D eigenvalue weighted by Gasteiger charge is -2.31. The first-order valence-corrected chi connectivity index (χ1v) is 12.4. The van der Waals surface area contributed by atoms with Crippen molar-refractivity contribution in [3.63, 3.8) is 0 Å². The van der Waals surface area contributed by atoms with Gasteiger partial charge < -0.3 is 15.0 Å². The molecule has 1 amide bonds. The van der Waals surface area contributed by atoms with Crippen LogP contribution in [0, 0.1) is 17.7 Å². The normalized spacial score (nSPS) is 26.1. The van der Waals surface area contributed by atoms with Gasteiger partial charge in [0.1, 0.15) is 5.82 Å². The molecule has 1 aromatic carbocycles. The third-order valence-corrected chi connectivity index (χ3v) is 7.76. The Kier molecular flexibility index (Phi) is 6.40. The van der Waals surface area contributed by atoms with Gasteiger partial charge in [-0.3, -0.25) is 14.5 Å². The molecule has 0 unspecified atom stereocenters. The minimum atomic E-state index is -0.593. The number of nitrogens with one attached hydrogen (secondary N) is 1. The Labute approximate surface area is 199 Å². The zero-order chi connectivity index (χ0) is 23.8. The van der Waals surface area contributed by atoms with E-state index < -0.39 is 6.04 Å². The first-order chi connectivity index (χ1) is 16.5. The lowest BCUT2D eigenvalue weighted by Crippen LogP contribution is -2.48. The maximum atomic E-state index is 14.6. The maximum absolute atomic E-state index is 14.6. The van der Waals surface area contributed by atoms with Crippen LogP contribution in [0.2, 0.25) is 0 Å². The Hall–Kier alpha value is -2.77. The molecule has 0 spiro atoms. The van der Waals surface area contributed by atoms with E-state index in [4.69, 9.17) is 0 Å². The fourth-order valence-corrected chi connectivity index (χ4v) is 6.21. The minimum Gasteiger partial charge on any atom is -0.396 e. The van der Waals surface area contributed by atoms with Crippen LogP contribution in [-0.2, 0) is 17.9 Å². The van der Waals surface area contributed by atoms with Crippen molar-refractivity contribution >= 4 is 11.5 Å². The predicted octanol–water partition coefficient (Wildman–Crippen LogP) is 3.24. The van der Waals surface area contributed by atoms with E-state index in [-0.39, 0.29) is 48.3 Å². The molecule has 6 nitrogen and oxygen atoms in total. The van der Waals surface area contributed by atoms with Gasteiger partial charge in [-0.25, -0.2) is 4.39 Å². The van der Waals surface area contributed by atoms with E-state index in [0.29, 0.717) is 18.7 Å². The molecule has 1 fully saturated rings. The van der Waals surface area contributed by atoms with E-state index in [1.54, 1.807) is 18.2 Å². The van der Waals surface area contributed by atoms with Crippen LogP contribution >= 0.6 is 0 Å². The van der Waals surface area contributed by atoms with Gasteiger partial charge in [-0.1, -0.05) is 24.3 Å². The van der Waals surface area contributed by atoms with Crippen LogP contribution in [-0.4, -0.2) is 39.7 Å². The van der Waals surface area contributed by atoms with Crippen molar-refractivity contribution < 1.29 is 14.3 Å². The van der Waals surface area contributed by atoms with Crippen molar-refractivity contribution in [1.82, 2.24) is 14.8 Å². The zero-order valence-electron chi connectivity index (χ0n) is 19.5. The molecule has 3 heterocycles. The number of carbonyl (C=O) groups is 1. The molecule has 34 heavy (non-hydrogen) atoms. The third-order valence-electron chi connectivity index (χ3n) is 7.76. The number of hydrogen-bond donors (Lipinski definition) is 2. The van der Waals surface area contributed by atoms with Crippen LogP contribution in [0.1, 0.15) is 55.5 Å². The van der Waals surface area contributed by atoms with Gasteiger partial charge in [0.25, 0.3) is 5.56 Å². The smallest absolute Gasteiger partial charge is 0.258 e. The molecule has 7 heteroatoms. The topological polar surface area (TPSA) is 74.6 Å². The number of halogens is 1. The number of likely N-dealkylation sites (N-methyl/N-ethyl adjacent to an activating group) is 1. The molecule has 1 saturated heterocycles. The van der Waals surface area contributed by atoms with Gasteiger partial charge in [0.05, 0.1) is 12.1 Å². The predicted molar refractivity (Wildman–Crippen MR) is 128 cm³/mol. The van der Waals surface area contributed by atoms with E-state index in [0.717, 1.165) is 42.5 Å². The van der Waals surface area contributed by atoms with Crippen molar-refractivity contribution in [2.75, 3.05) is 13.2 Å². The fraction of sp³-hybridized carbons (Fsp3) is 0.481. The van der Waals surface area contributed by atoms with Gasteiger partial charge in [0.15, 0.2) is 0 Å². The standard InChI is InChI=1S/C27H32FN3O3/c1-2-29-26(33)25-21(16-32)20-15-30-23(13-12-19(27(30)34)17-8-4-3-5-9-17)24(20)31(25)14-18-10-6-7-11-22(18)28/h6-8,10-13,20-21,24-25,32H,2-5,9,14-16H2,1H3,(H,29,33)/t20-,21-,24+,25-/m1/s1. The number of nitrogens with zero attached hydrogens (tertiary/aromatic N) is 2. The Morgan fingerprint density at radius 1 is 1.21 bits per heavy atom. The van der Waals surface area contributed by atoms with Gasteiger partial charge in [0.2, 0.25) is 5.91 Å². The highest BCUT2D eigenvalue weighted by Crippen LogP contribution is 2.50. The number of benzene rings is 1. The second kappa shape index (κ2) is 9.47. The molecule has 180 valence electrons. The van der Waals surface area contributed by atoms with Crippen molar-refractivity contribution in [1.29, 1.82) is 0 Å². The van der Waals surface area contributed by atoms with E-state index in [1.165, 1.54) is 6.07 Å². The summed E-state index contributed by atoms with van der Waals surface area (Å²) in [6, 6.07) is 9.66. The van der Waals surface area contributed by atoms with Crippen molar-refractivity contribution in [2.24, 2.45) is 11.8 Å². The molecular weight excluding hydrogens is 433 g/mol. The Morgan fingerprint density at radius 2 is 2.03 bits per heavy atom. The number of aliphatic hydroxyl groups is 1. The summed E-state index contributed by atoms with van der Waals surface area (Å²) < 4.78 is 16.4. The summed E-state index contributed by atoms with van der Waals surface area (Å²) in [5.74, 6) is -0.936. The Balaban J connectivity index is 1.58. The Morgan fingerprint density at radius 3 is 2.74 bits per heavy atom. The molecule has 5 rings (SSSR count). The van der Waals surface area contributed by atoms with Gasteiger partial charge >= 0.3 is 0 Å². The highest BCUT2D eigenvalue weighted by atomic mass is 19.1. The summed E-state index contributed by atoms with van der Waals surface area (Å²) in [4.78, 5) is 28.7. The SMILES string of the molecule is CCNC(=O)[C@H]1[C@H](CO)[C@H]2Cn3c(ccc(C4=CCCCC4)c3=O)[C@H]2N1Cc1ccccc1F. The van der Waals surface area contributed by atoms with Gasteiger partial charge in [-0.15, -0.1) is 0 Å². The molecular formula is C27H32FN3O3. The summed E-state index contributed by atoms with van der Waals surface area (Å²) in [6.07, 6.45) is 6.34. The summed E-state index contributed by atoms with van der Waals surface area (Å²) in [5, 5.41) is 13.3. The molecule has 1 aliphatic carbocycles. The Bertz CT molecular complexity index is 1170. The second-order valence-corrected chi connectivity index (χ2v) is 9.62. The number of aromatic nitrogens is 1. The summed E-state index contributed by atoms with van der Waals surface area (Å²) in [5.41, 5.74) is 3.21. The molecule has 2 N–H and O–H groups in total. The largest absolute Gasteiger partial charge is 0.396 e. The average molecular weight is 466 g/mol. The molecule has 0 radical (unpaired) electrons. The van der Waals surface area contributed by atoms with Crippen LogP contribution in [0.4, 0.5) is 4.39 Å². The maximum Gasteiger partial charge on any atom is 0.258 e. The number of rotatable bonds is 6. The van der Waals surface area contributed by atoms with E-state index in [2.05, 4.69) is 11.4 Å². The van der Waals surface area contributed by atoms with Crippen LogP contribution in [0.5, 0.6) is 0 Å². The number of hydrogen-bond acceptors (Lipinski definition) is 4. The van der Waals surface area contributed by atoms with Gasteiger partial charge in [-0.2, -0.15) is 0 Å². The molecule has 2 aromatic rings. The van der Waals surface area contributed by atoms with Crippen LogP contribution < -0.4 is 10.9 Å². The third kappa shape index (κ3) is 3.81. The number of amides is 1. The highest BCUT2D eigenvalue weighted by Gasteiger charge is 2.55. The molecule has 2 aliphatic heterocycles. The minimum absolute atomic E-state index is 0.00265. The zero-order valence-corrected chi connectivity index (χ0v) is 19.5. The van der Waals surface area contributed by atoms with Crippen LogP contribution in [0.25, 0.3) is 5.57 Å². The number of likely N-dealkylation sites (tertiary alicyclic amines) is 1. The van der Waals surface area contributed by atoms with Crippen molar-refractivity contribution in [3.05, 3.63) is 75.5 Å². The van der Waals surface area contributed by atoms with E-state index >= 15 is 0 Å². The molecule has 3 aliphatic rings. The highest BCUT2D eigenvalue weighted by molar-refractivity contribution is 5.82. The number of carbonyl (C=O) groups excluding carboxylic acids is 1. The number of fused-ring (bicyclic) bond motifs is 3. The van der Waals surface area contributed by atoms with E-state index in [1.807, 2.05) is 28.5 Å². The van der Waals surface area contributed by atoms with E-state index in [9.17, 15) is 19.1 Å². The summed E-state index contributed by atoms with van der Waals surface area (Å²) >= 11 is 0. The second-order valence-electron chi connectivity index (χ2n) is 9.62. The molecule has 0 bridgehead atoms. The molecule has 0 saturated carbocycles. The average Bonchev–Trinajstić information content (AvgIpc) is 3.37. The van der Waals surface area contributed by atoms with Crippen LogP contribution in [0.15, 0.2) is 47.3 Å². The number of pyridine rings is 1. The molecule has 4 atom stereocenters. The first-order valence-electron chi connectivity index (χ1n) is 12.4. The van der Waals surface area contributed by atoms with Crippen LogP contribution in [0.3, 0.4) is 0 Å². The monoisotopic (exact) mass is 465 g/mol. The fourth-order valence-electron chi connectivity index (χ4n) is 6.21. The first kappa shape index (κ1) is 23.0. The van der Waals surface area contributed by atoms with Crippen molar-refractivity contribution in [2.45, 2.75) is 57.8 Å².